The third kappa shape index (κ3) is 2.17. The van der Waals surface area contributed by atoms with Crippen LogP contribution in [0.15, 0.2) is 24.4 Å². The van der Waals surface area contributed by atoms with Crippen LogP contribution in [-0.2, 0) is 6.54 Å². The first-order valence-electron chi connectivity index (χ1n) is 5.59. The Hall–Kier alpha value is -1.43. The molecule has 2 aromatic rings. The number of halogens is 1. The molecule has 0 spiro atoms. The Morgan fingerprint density at radius 3 is 2.94 bits per heavy atom. The maximum absolute atomic E-state index is 6.04. The lowest BCUT2D eigenvalue weighted by Crippen LogP contribution is -2.08. The van der Waals surface area contributed by atoms with Gasteiger partial charge in [-0.1, -0.05) is 24.4 Å². The second-order valence-corrected chi connectivity index (χ2v) is 4.65. The average molecular weight is 247 g/mol. The molecule has 1 atom stereocenters. The van der Waals surface area contributed by atoms with E-state index < -0.39 is 0 Å². The molecule has 0 radical (unpaired) electrons. The third-order valence-electron chi connectivity index (χ3n) is 3.02. The van der Waals surface area contributed by atoms with Crippen molar-refractivity contribution in [3.05, 3.63) is 35.0 Å². The summed E-state index contributed by atoms with van der Waals surface area (Å²) in [5.41, 5.74) is 8.06. The molecular weight excluding hydrogens is 232 g/mol. The van der Waals surface area contributed by atoms with Gasteiger partial charge >= 0.3 is 0 Å². The number of nitrogens with zero attached hydrogens (tertiary/aromatic N) is 1. The minimum Gasteiger partial charge on any atom is -0.336 e. The molecule has 1 unspecified atom stereocenters. The molecule has 0 aliphatic rings. The Morgan fingerprint density at radius 2 is 2.29 bits per heavy atom. The number of terminal acetylenes is 1. The lowest BCUT2D eigenvalue weighted by atomic mass is 10.0. The van der Waals surface area contributed by atoms with Crippen LogP contribution in [-0.4, -0.2) is 11.1 Å². The van der Waals surface area contributed by atoms with Crippen molar-refractivity contribution in [3.8, 4) is 12.3 Å². The van der Waals surface area contributed by atoms with Crippen LogP contribution < -0.4 is 5.73 Å². The Labute approximate surface area is 106 Å². The highest BCUT2D eigenvalue weighted by molar-refractivity contribution is 6.31. The van der Waals surface area contributed by atoms with Crippen molar-refractivity contribution < 1.29 is 0 Å². The van der Waals surface area contributed by atoms with Gasteiger partial charge < -0.3 is 10.3 Å². The van der Waals surface area contributed by atoms with Crippen molar-refractivity contribution in [1.82, 2.24) is 4.57 Å². The smallest absolute Gasteiger partial charge is 0.0835 e. The highest BCUT2D eigenvalue weighted by atomic mass is 35.5. The summed E-state index contributed by atoms with van der Waals surface area (Å²) in [5, 5.41) is 1.88. The van der Waals surface area contributed by atoms with E-state index in [4.69, 9.17) is 23.8 Å². The van der Waals surface area contributed by atoms with Gasteiger partial charge in [0.25, 0.3) is 0 Å². The standard InChI is InChI=1S/C14H15ClN2/c1-3-6-17-9-13(10(2)8-16)12-7-11(15)4-5-14(12)17/h1,4-5,7,9-10H,6,8,16H2,2H3. The quantitative estimate of drug-likeness (QED) is 0.830. The monoisotopic (exact) mass is 246 g/mol. The molecule has 2 rings (SSSR count). The summed E-state index contributed by atoms with van der Waals surface area (Å²) < 4.78 is 2.06. The van der Waals surface area contributed by atoms with Crippen molar-refractivity contribution in [2.75, 3.05) is 6.54 Å². The summed E-state index contributed by atoms with van der Waals surface area (Å²) in [6, 6.07) is 5.86. The van der Waals surface area contributed by atoms with Gasteiger partial charge in [-0.3, -0.25) is 0 Å². The van der Waals surface area contributed by atoms with E-state index in [0.717, 1.165) is 15.9 Å². The Morgan fingerprint density at radius 1 is 1.53 bits per heavy atom. The summed E-state index contributed by atoms with van der Waals surface area (Å²) in [7, 11) is 0. The lowest BCUT2D eigenvalue weighted by Gasteiger charge is -2.06. The van der Waals surface area contributed by atoms with Crippen LogP contribution in [0.3, 0.4) is 0 Å². The fourth-order valence-electron chi connectivity index (χ4n) is 2.05. The third-order valence-corrected chi connectivity index (χ3v) is 3.26. The Bertz CT molecular complexity index is 578. The van der Waals surface area contributed by atoms with E-state index in [1.165, 1.54) is 5.56 Å². The topological polar surface area (TPSA) is 30.9 Å². The summed E-state index contributed by atoms with van der Waals surface area (Å²) in [5.74, 6) is 2.96. The van der Waals surface area contributed by atoms with Gasteiger partial charge in [-0.15, -0.1) is 6.42 Å². The highest BCUT2D eigenvalue weighted by Gasteiger charge is 2.13. The molecule has 17 heavy (non-hydrogen) atoms. The molecule has 3 heteroatoms. The van der Waals surface area contributed by atoms with Crippen LogP contribution in [0.5, 0.6) is 0 Å². The molecule has 2 N–H and O–H groups in total. The first-order chi connectivity index (χ1) is 8.17. The number of aromatic nitrogens is 1. The van der Waals surface area contributed by atoms with Crippen molar-refractivity contribution >= 4 is 22.5 Å². The molecular formula is C14H15ClN2. The van der Waals surface area contributed by atoms with E-state index in [1.807, 2.05) is 18.2 Å². The van der Waals surface area contributed by atoms with Crippen LogP contribution in [0.4, 0.5) is 0 Å². The molecule has 0 aliphatic heterocycles. The number of nitrogens with two attached hydrogens (primary N) is 1. The van der Waals surface area contributed by atoms with E-state index in [2.05, 4.69) is 23.6 Å². The second-order valence-electron chi connectivity index (χ2n) is 4.21. The zero-order valence-corrected chi connectivity index (χ0v) is 10.5. The van der Waals surface area contributed by atoms with E-state index in [-0.39, 0.29) is 0 Å². The zero-order valence-electron chi connectivity index (χ0n) is 9.78. The molecule has 1 aromatic carbocycles. The minimum absolute atomic E-state index is 0.301. The Balaban J connectivity index is 2.67. The SMILES string of the molecule is C#CCn1cc(C(C)CN)c2cc(Cl)ccc21. The first-order valence-corrected chi connectivity index (χ1v) is 5.97. The first kappa shape index (κ1) is 12.0. The molecule has 0 bridgehead atoms. The van der Waals surface area contributed by atoms with Gasteiger partial charge in [-0.05, 0) is 36.2 Å². The van der Waals surface area contributed by atoms with E-state index in [0.29, 0.717) is 19.0 Å². The minimum atomic E-state index is 0.301. The van der Waals surface area contributed by atoms with Crippen LogP contribution in [0.25, 0.3) is 10.9 Å². The number of hydrogen-bond donors (Lipinski definition) is 1. The number of fused-ring (bicyclic) bond motifs is 1. The average Bonchev–Trinajstić information content (AvgIpc) is 2.67. The van der Waals surface area contributed by atoms with Crippen molar-refractivity contribution in [1.29, 1.82) is 0 Å². The van der Waals surface area contributed by atoms with Crippen LogP contribution in [0, 0.1) is 12.3 Å². The van der Waals surface area contributed by atoms with Gasteiger partial charge in [0.05, 0.1) is 6.54 Å². The second kappa shape index (κ2) is 4.83. The molecule has 1 aromatic heterocycles. The predicted molar refractivity (Wildman–Crippen MR) is 73.3 cm³/mol. The van der Waals surface area contributed by atoms with Gasteiger partial charge in [0, 0.05) is 22.1 Å². The summed E-state index contributed by atoms with van der Waals surface area (Å²) >= 11 is 6.04. The summed E-state index contributed by atoms with van der Waals surface area (Å²) in [6.07, 6.45) is 7.46. The molecule has 0 saturated carbocycles. The lowest BCUT2D eigenvalue weighted by molar-refractivity contribution is 0.769. The van der Waals surface area contributed by atoms with Gasteiger partial charge in [0.1, 0.15) is 0 Å². The molecule has 0 amide bonds. The molecule has 88 valence electrons. The van der Waals surface area contributed by atoms with E-state index in [1.54, 1.807) is 0 Å². The fourth-order valence-corrected chi connectivity index (χ4v) is 2.22. The number of hydrogen-bond acceptors (Lipinski definition) is 1. The van der Waals surface area contributed by atoms with Crippen molar-refractivity contribution in [3.63, 3.8) is 0 Å². The normalized spacial score (nSPS) is 12.6. The van der Waals surface area contributed by atoms with E-state index in [9.17, 15) is 0 Å². The van der Waals surface area contributed by atoms with Crippen LogP contribution in [0.1, 0.15) is 18.4 Å². The zero-order chi connectivity index (χ0) is 12.4. The van der Waals surface area contributed by atoms with Crippen LogP contribution >= 0.6 is 11.6 Å². The highest BCUT2D eigenvalue weighted by Crippen LogP contribution is 2.29. The van der Waals surface area contributed by atoms with Crippen molar-refractivity contribution in [2.24, 2.45) is 5.73 Å². The van der Waals surface area contributed by atoms with Gasteiger partial charge in [0.2, 0.25) is 0 Å². The number of rotatable bonds is 3. The van der Waals surface area contributed by atoms with E-state index >= 15 is 0 Å². The summed E-state index contributed by atoms with van der Waals surface area (Å²) in [6.45, 7) is 3.28. The molecule has 1 heterocycles. The van der Waals surface area contributed by atoms with Gasteiger partial charge in [0.15, 0.2) is 0 Å². The maximum Gasteiger partial charge on any atom is 0.0835 e. The fraction of sp³-hybridized carbons (Fsp3) is 0.286. The Kier molecular flexibility index (Phi) is 3.42. The van der Waals surface area contributed by atoms with Crippen molar-refractivity contribution in [2.45, 2.75) is 19.4 Å². The molecule has 2 nitrogen and oxygen atoms in total. The predicted octanol–water partition coefficient (Wildman–Crippen LogP) is 2.99. The molecule has 0 fully saturated rings. The largest absolute Gasteiger partial charge is 0.336 e. The maximum atomic E-state index is 6.04. The van der Waals surface area contributed by atoms with Crippen LogP contribution in [0.2, 0.25) is 5.02 Å². The summed E-state index contributed by atoms with van der Waals surface area (Å²) in [4.78, 5) is 0. The number of benzene rings is 1. The molecule has 0 aliphatic carbocycles. The van der Waals surface area contributed by atoms with Gasteiger partial charge in [-0.25, -0.2) is 0 Å². The van der Waals surface area contributed by atoms with Gasteiger partial charge in [-0.2, -0.15) is 0 Å². The molecule has 0 saturated heterocycles.